The molecule has 6 aliphatic carbocycles. The van der Waals surface area contributed by atoms with Gasteiger partial charge in [0.1, 0.15) is 52.7 Å². The summed E-state index contributed by atoms with van der Waals surface area (Å²) in [6.45, 7) is 15.4. The molecule has 12 aromatic rings. The monoisotopic (exact) mass is 2000 g/mol. The van der Waals surface area contributed by atoms with Gasteiger partial charge in [-0.2, -0.15) is 8.42 Å². The van der Waals surface area contributed by atoms with Crippen molar-refractivity contribution in [2.24, 2.45) is 35.5 Å². The van der Waals surface area contributed by atoms with Crippen molar-refractivity contribution in [2.75, 3.05) is 33.0 Å². The van der Waals surface area contributed by atoms with Gasteiger partial charge in [0.05, 0.1) is 73.9 Å². The zero-order chi connectivity index (χ0) is 98.7. The minimum absolute atomic E-state index is 0.0397. The predicted octanol–water partition coefficient (Wildman–Crippen LogP) is 20.7. The molecule has 5 heterocycles. The lowest BCUT2D eigenvalue weighted by Gasteiger charge is -2.54. The van der Waals surface area contributed by atoms with E-state index in [0.29, 0.717) is 67.5 Å². The van der Waals surface area contributed by atoms with Gasteiger partial charge in [-0.15, -0.1) is 0 Å². The molecule has 11 aliphatic rings. The number of fused-ring (bicyclic) bond motifs is 2. The Morgan fingerprint density at radius 1 is 0.373 bits per heavy atom. The second-order valence-corrected chi connectivity index (χ2v) is 48.0. The Labute approximate surface area is 840 Å². The first-order valence-corrected chi connectivity index (χ1v) is 54.7. The number of hydrogen-bond donors (Lipinski definition) is 0. The van der Waals surface area contributed by atoms with Gasteiger partial charge < -0.3 is 52.1 Å². The van der Waals surface area contributed by atoms with Crippen LogP contribution in [0.1, 0.15) is 109 Å². The van der Waals surface area contributed by atoms with Gasteiger partial charge in [0.15, 0.2) is 85.2 Å². The van der Waals surface area contributed by atoms with Crippen LogP contribution in [0.2, 0.25) is 0 Å². The Morgan fingerprint density at radius 3 is 1.04 bits per heavy atom. The summed E-state index contributed by atoms with van der Waals surface area (Å²) >= 11 is 0. The summed E-state index contributed by atoms with van der Waals surface area (Å²) < 4.78 is 92.0. The lowest BCUT2D eigenvalue weighted by molar-refractivity contribution is -0.222. The summed E-state index contributed by atoms with van der Waals surface area (Å²) in [5, 5.41) is -0.436. The second-order valence-electron chi connectivity index (χ2n) is 38.1. The molecule has 11 fully saturated rings. The molecule has 12 aromatic carbocycles. The highest BCUT2D eigenvalue weighted by molar-refractivity contribution is 7.98. The van der Waals surface area contributed by atoms with Crippen molar-refractivity contribution in [1.29, 1.82) is 0 Å². The quantitative estimate of drug-likeness (QED) is 0.0191. The van der Waals surface area contributed by atoms with E-state index in [-0.39, 0.29) is 124 Å². The van der Waals surface area contributed by atoms with Crippen LogP contribution in [0, 0.1) is 90.9 Å². The standard InChI is InChI=1S/C32H33O4S.C29H29O6S2.C29H27O6S.C26H25O5S/c1-21-13-28(37(26-9-5-3-6-10-26)27-11-7-4-8-12-27)14-22(2)31(21)35-20-29(33)36-32-17-23-15-24(18-32)30(34)25(16-23)19-32;1-18-13-23(36(21-9-5-3-6-10-21)22-11-7-4-8-12-22)14-19(2)27(18)33-17-26(30)34-28-20-15-24-25(16-20)37(31,32)35-29(24)28;1-18-13-23(36(21-9-5-3-6-10-21)22-11-7-4-8-12-22)14-19(2)26(18)32-17-25(30)34-29-16-20-15-24(27(29)33-20)28(31)35-29;1-18-15-22(32(20-9-5-3-6-10-20)21-11-7-4-8-12-21)16-19(2)25(18)30-17-24(27)31-23-13-14-29-26(23)28/h3-14,23-25H,15-20H2,1-2H3;3-14,20,24-25,28-29H,15-17H2,1-2H3;3-14,20,24,27H,15-17H2,1-2H3;3-12,15-16,23H,13-14,17H2,1-2H3/q4*+1. The Balaban J connectivity index is 0.000000120. The third-order valence-corrected chi connectivity index (χ3v) is 38.5. The molecular weight excluding hydrogens is 1890 g/mol. The topological polar surface area (TPSA) is 264 Å². The van der Waals surface area contributed by atoms with Crippen molar-refractivity contribution >= 4 is 95.3 Å². The van der Waals surface area contributed by atoms with E-state index in [1.165, 1.54) is 58.7 Å². The van der Waals surface area contributed by atoms with Crippen molar-refractivity contribution in [3.8, 4) is 23.0 Å². The summed E-state index contributed by atoms with van der Waals surface area (Å²) in [4.78, 5) is 101. The van der Waals surface area contributed by atoms with Crippen molar-refractivity contribution in [3.05, 3.63) is 336 Å². The fraction of sp³-hybridized carbons (Fsp3) is 0.319. The maximum atomic E-state index is 12.9. The van der Waals surface area contributed by atoms with Gasteiger partial charge >= 0.3 is 35.8 Å². The maximum absolute atomic E-state index is 12.9. The van der Waals surface area contributed by atoms with Gasteiger partial charge in [-0.1, -0.05) is 146 Å². The van der Waals surface area contributed by atoms with E-state index >= 15 is 0 Å². The summed E-state index contributed by atoms with van der Waals surface area (Å²) in [5.74, 6) is -0.671. The predicted molar refractivity (Wildman–Crippen MR) is 539 cm³/mol. The van der Waals surface area contributed by atoms with E-state index in [2.05, 4.69) is 243 Å². The van der Waals surface area contributed by atoms with Gasteiger partial charge in [-0.25, -0.2) is 24.0 Å². The zero-order valence-corrected chi connectivity index (χ0v) is 84.4. The second kappa shape index (κ2) is 42.6. The van der Waals surface area contributed by atoms with Crippen LogP contribution in [0.5, 0.6) is 23.0 Å². The lowest BCUT2D eigenvalue weighted by Crippen LogP contribution is -2.57. The van der Waals surface area contributed by atoms with Crippen LogP contribution in [0.3, 0.4) is 0 Å². The number of benzene rings is 12. The van der Waals surface area contributed by atoms with E-state index < -0.39 is 75.0 Å². The Hall–Kier alpha value is -12.4. The third-order valence-electron chi connectivity index (χ3n) is 28.0. The van der Waals surface area contributed by atoms with Crippen LogP contribution in [0.15, 0.2) is 350 Å². The molecule has 23 rings (SSSR count). The van der Waals surface area contributed by atoms with E-state index in [0.717, 1.165) is 75.9 Å². The van der Waals surface area contributed by atoms with Crippen LogP contribution in [-0.2, 0) is 125 Å². The SMILES string of the molecule is Cc1cc([S+](c2ccccc2)c2ccccc2)cc(C)c1OCC(=O)OC12CC3CC(C(=O)O1)C2O3.Cc1cc([S+](c2ccccc2)c2ccccc2)cc(C)c1OCC(=O)OC12CC3CC(C1)C(=O)C(C3)C2.Cc1cc([S+](c2ccccc2)c2ccccc2)cc(C)c1OCC(=O)OC1C2CC3C1OS(=O)(=O)C3C2.Cc1cc([S+](c2ccccc2)c2ccccc2)cc(C)c1OCC(=O)OC1CCOC1=O. The number of aryl methyl sites for hydroxylation is 8. The number of ketones is 1. The average molecular weight is 2000 g/mol. The fourth-order valence-electron chi connectivity index (χ4n) is 22.4. The number of Topliss-reactive ketones (excluding diaryl/α,β-unsaturated/α-hetero) is 1. The van der Waals surface area contributed by atoms with Crippen molar-refractivity contribution in [3.63, 3.8) is 0 Å². The first-order valence-electron chi connectivity index (χ1n) is 48.4. The summed E-state index contributed by atoms with van der Waals surface area (Å²) in [6.07, 6.45) is 4.40. The molecule has 12 unspecified atom stereocenters. The zero-order valence-electron chi connectivity index (χ0n) is 80.4. The van der Waals surface area contributed by atoms with E-state index in [4.69, 9.17) is 56.3 Å². The third kappa shape index (κ3) is 21.3. The fourth-order valence-corrected chi connectivity index (χ4v) is 33.3. The molecule has 5 saturated heterocycles. The molecule has 5 aliphatic heterocycles. The van der Waals surface area contributed by atoms with Crippen LogP contribution in [0.4, 0.5) is 0 Å². The van der Waals surface area contributed by atoms with Gasteiger partial charge in [0, 0.05) is 78.6 Å². The molecule has 0 aromatic heterocycles. The maximum Gasteiger partial charge on any atom is 0.347 e. The van der Waals surface area contributed by atoms with Gasteiger partial charge in [0.25, 0.3) is 15.9 Å². The molecule has 142 heavy (non-hydrogen) atoms. The lowest BCUT2D eigenvalue weighted by atomic mass is 9.53. The average Bonchev–Trinajstić information content (AvgIpc) is 1.49. The molecule has 8 bridgehead atoms. The van der Waals surface area contributed by atoms with E-state index in [1.54, 1.807) is 0 Å². The Kier molecular flexibility index (Phi) is 29.5. The number of esters is 6. The largest absolute Gasteiger partial charge is 0.481 e. The number of carbonyl (C=O) groups excluding carboxylic acids is 7. The first kappa shape index (κ1) is 98.4. The van der Waals surface area contributed by atoms with E-state index in [1.807, 2.05) is 104 Å². The Bertz CT molecular complexity index is 6500. The smallest absolute Gasteiger partial charge is 0.347 e. The van der Waals surface area contributed by atoms with Crippen molar-refractivity contribution in [2.45, 2.75) is 226 Å². The van der Waals surface area contributed by atoms with E-state index in [9.17, 15) is 42.0 Å². The van der Waals surface area contributed by atoms with Crippen LogP contribution >= 0.6 is 0 Å². The number of rotatable bonds is 28. The number of carbonyl (C=O) groups is 7. The highest BCUT2D eigenvalue weighted by Crippen LogP contribution is 2.58. The highest BCUT2D eigenvalue weighted by atomic mass is 32.2. The highest BCUT2D eigenvalue weighted by Gasteiger charge is 2.70. The minimum atomic E-state index is -3.54. The molecular formula is C116H114O21S5+4. The van der Waals surface area contributed by atoms with Crippen molar-refractivity contribution in [1.82, 2.24) is 0 Å². The van der Waals surface area contributed by atoms with Crippen LogP contribution in [0.25, 0.3) is 0 Å². The van der Waals surface area contributed by atoms with Gasteiger partial charge in [-0.05, 0) is 254 Å². The Morgan fingerprint density at radius 2 is 0.704 bits per heavy atom. The van der Waals surface area contributed by atoms with Gasteiger partial charge in [0.2, 0.25) is 6.10 Å². The normalized spacial score (nSPS) is 23.8. The summed E-state index contributed by atoms with van der Waals surface area (Å²) in [7, 11) is -4.60. The summed E-state index contributed by atoms with van der Waals surface area (Å²) in [6, 6.07) is 101. The van der Waals surface area contributed by atoms with Crippen LogP contribution < -0.4 is 18.9 Å². The molecule has 6 saturated carbocycles. The molecule has 0 spiro atoms. The minimum Gasteiger partial charge on any atom is -0.481 e. The van der Waals surface area contributed by atoms with Crippen LogP contribution in [-0.4, -0.2) is 130 Å². The number of ether oxygens (including phenoxy) is 11. The molecule has 0 radical (unpaired) electrons. The molecule has 730 valence electrons. The number of cyclic esters (lactones) is 1. The molecule has 26 heteroatoms. The molecule has 21 nitrogen and oxygen atoms in total. The molecule has 0 amide bonds. The number of hydrogen-bond acceptors (Lipinski definition) is 21. The van der Waals surface area contributed by atoms with Crippen molar-refractivity contribution < 1.29 is 98.3 Å². The first-order chi connectivity index (χ1) is 68.7. The molecule has 12 atom stereocenters. The van der Waals surface area contributed by atoms with Gasteiger partial charge in [-0.3, -0.25) is 13.8 Å². The summed E-state index contributed by atoms with van der Waals surface area (Å²) in [5.41, 5.74) is 7.21. The molecule has 0 N–H and O–H groups in total.